The highest BCUT2D eigenvalue weighted by atomic mass is 35.5. The number of carbonyl (C=O) groups excluding carboxylic acids is 1. The number of nitrogens with zero attached hydrogens (tertiary/aromatic N) is 3. The molecule has 1 amide bonds. The van der Waals surface area contributed by atoms with Crippen LogP contribution in [-0.4, -0.2) is 32.4 Å². The van der Waals surface area contributed by atoms with E-state index in [0.717, 1.165) is 17.7 Å². The summed E-state index contributed by atoms with van der Waals surface area (Å²) in [5.41, 5.74) is 3.14. The van der Waals surface area contributed by atoms with Gasteiger partial charge in [0.15, 0.2) is 5.82 Å². The number of hydrogen-bond donors (Lipinski definition) is 1. The summed E-state index contributed by atoms with van der Waals surface area (Å²) in [5, 5.41) is 8.13. The van der Waals surface area contributed by atoms with Gasteiger partial charge in [0.2, 0.25) is 11.1 Å². The molecule has 1 aliphatic heterocycles. The van der Waals surface area contributed by atoms with Gasteiger partial charge in [-0.15, -0.1) is 5.10 Å². The van der Waals surface area contributed by atoms with Gasteiger partial charge >= 0.3 is 0 Å². The van der Waals surface area contributed by atoms with E-state index in [-0.39, 0.29) is 17.2 Å². The number of fused-ring (bicyclic) bond motifs is 1. The first-order valence-corrected chi connectivity index (χ1v) is 10.0. The lowest BCUT2D eigenvalue weighted by Crippen LogP contribution is -2.40. The van der Waals surface area contributed by atoms with Crippen LogP contribution in [0, 0.1) is 0 Å². The van der Waals surface area contributed by atoms with Crippen molar-refractivity contribution in [1.82, 2.24) is 15.2 Å². The zero-order valence-corrected chi connectivity index (χ0v) is 16.6. The summed E-state index contributed by atoms with van der Waals surface area (Å²) in [7, 11) is 0. The molecule has 5 nitrogen and oxygen atoms in total. The third kappa shape index (κ3) is 3.59. The third-order valence-electron chi connectivity index (χ3n) is 4.66. The first-order valence-electron chi connectivity index (χ1n) is 8.79. The van der Waals surface area contributed by atoms with Crippen LogP contribution in [0.5, 0.6) is 0 Å². The first-order chi connectivity index (χ1) is 13.0. The molecule has 2 unspecified atom stereocenters. The second-order valence-electron chi connectivity index (χ2n) is 6.62. The van der Waals surface area contributed by atoms with Gasteiger partial charge < -0.3 is 4.90 Å². The Morgan fingerprint density at radius 1 is 1.26 bits per heavy atom. The number of aromatic nitrogens is 3. The number of rotatable bonds is 4. The molecule has 2 aromatic carbocycles. The average Bonchev–Trinajstić information content (AvgIpc) is 3.25. The molecule has 0 fully saturated rings. The highest BCUT2D eigenvalue weighted by molar-refractivity contribution is 8.00. The van der Waals surface area contributed by atoms with E-state index in [1.54, 1.807) is 0 Å². The molecule has 0 saturated carbocycles. The number of hydrogen-bond acceptors (Lipinski definition) is 4. The van der Waals surface area contributed by atoms with Crippen molar-refractivity contribution >= 4 is 35.0 Å². The van der Waals surface area contributed by atoms with Crippen LogP contribution in [0.25, 0.3) is 11.4 Å². The largest absolute Gasteiger partial charge is 0.308 e. The Morgan fingerprint density at radius 2 is 2.00 bits per heavy atom. The van der Waals surface area contributed by atoms with Crippen molar-refractivity contribution in [3.8, 4) is 11.4 Å². The van der Waals surface area contributed by atoms with Gasteiger partial charge in [-0.05, 0) is 56.2 Å². The Kier molecular flexibility index (Phi) is 4.93. The number of anilines is 1. The SMILES string of the molecule is CC(Sc1n[nH]c(-c2ccc(Cl)cc2)n1)C(=O)N1c2ccccc2CC1C. The highest BCUT2D eigenvalue weighted by Crippen LogP contribution is 2.34. The van der Waals surface area contributed by atoms with Crippen molar-refractivity contribution in [2.24, 2.45) is 0 Å². The van der Waals surface area contributed by atoms with Gasteiger partial charge in [0.25, 0.3) is 0 Å². The van der Waals surface area contributed by atoms with Crippen molar-refractivity contribution in [3.05, 3.63) is 59.1 Å². The second kappa shape index (κ2) is 7.37. The minimum atomic E-state index is -0.285. The van der Waals surface area contributed by atoms with E-state index in [4.69, 9.17) is 11.6 Å². The summed E-state index contributed by atoms with van der Waals surface area (Å²) in [4.78, 5) is 19.5. The van der Waals surface area contributed by atoms with Crippen molar-refractivity contribution in [3.63, 3.8) is 0 Å². The average molecular weight is 399 g/mol. The zero-order chi connectivity index (χ0) is 19.0. The van der Waals surface area contributed by atoms with Gasteiger partial charge in [-0.2, -0.15) is 0 Å². The summed E-state index contributed by atoms with van der Waals surface area (Å²) >= 11 is 7.29. The number of nitrogens with one attached hydrogen (secondary N) is 1. The fourth-order valence-corrected chi connectivity index (χ4v) is 4.24. The fourth-order valence-electron chi connectivity index (χ4n) is 3.34. The lowest BCUT2D eigenvalue weighted by molar-refractivity contribution is -0.118. The molecule has 138 valence electrons. The van der Waals surface area contributed by atoms with Gasteiger partial charge in [-0.25, -0.2) is 4.98 Å². The van der Waals surface area contributed by atoms with E-state index in [2.05, 4.69) is 28.2 Å². The predicted molar refractivity (Wildman–Crippen MR) is 109 cm³/mol. The van der Waals surface area contributed by atoms with Crippen LogP contribution >= 0.6 is 23.4 Å². The minimum Gasteiger partial charge on any atom is -0.308 e. The Morgan fingerprint density at radius 3 is 2.78 bits per heavy atom. The number of benzene rings is 2. The minimum absolute atomic E-state index is 0.0790. The summed E-state index contributed by atoms with van der Waals surface area (Å²) in [6.45, 7) is 3.99. The molecule has 0 saturated heterocycles. The lowest BCUT2D eigenvalue weighted by Gasteiger charge is -2.25. The van der Waals surface area contributed by atoms with Crippen LogP contribution in [-0.2, 0) is 11.2 Å². The molecule has 0 spiro atoms. The predicted octanol–water partition coefficient (Wildman–Crippen LogP) is 4.58. The molecule has 2 atom stereocenters. The van der Waals surface area contributed by atoms with Crippen molar-refractivity contribution in [2.45, 2.75) is 36.7 Å². The Bertz CT molecular complexity index is 972. The zero-order valence-electron chi connectivity index (χ0n) is 15.0. The molecule has 0 radical (unpaired) electrons. The van der Waals surface area contributed by atoms with E-state index in [1.807, 2.05) is 54.3 Å². The highest BCUT2D eigenvalue weighted by Gasteiger charge is 2.33. The number of halogens is 1. The normalized spacial score (nSPS) is 17.0. The molecule has 4 rings (SSSR count). The van der Waals surface area contributed by atoms with Crippen LogP contribution in [0.15, 0.2) is 53.7 Å². The molecule has 1 N–H and O–H groups in total. The number of aromatic amines is 1. The topological polar surface area (TPSA) is 61.9 Å². The quantitative estimate of drug-likeness (QED) is 0.653. The van der Waals surface area contributed by atoms with Crippen LogP contribution in [0.2, 0.25) is 5.02 Å². The Balaban J connectivity index is 1.49. The molecule has 2 heterocycles. The summed E-state index contributed by atoms with van der Waals surface area (Å²) in [6, 6.07) is 15.6. The van der Waals surface area contributed by atoms with Gasteiger partial charge in [-0.1, -0.05) is 41.6 Å². The van der Waals surface area contributed by atoms with Gasteiger partial charge in [-0.3, -0.25) is 9.89 Å². The van der Waals surface area contributed by atoms with Gasteiger partial charge in [0, 0.05) is 22.3 Å². The second-order valence-corrected chi connectivity index (χ2v) is 8.37. The third-order valence-corrected chi connectivity index (χ3v) is 5.86. The van der Waals surface area contributed by atoms with Gasteiger partial charge in [0.1, 0.15) is 0 Å². The number of amides is 1. The van der Waals surface area contributed by atoms with Crippen molar-refractivity contribution < 1.29 is 4.79 Å². The number of thioether (sulfide) groups is 1. The maximum absolute atomic E-state index is 13.1. The van der Waals surface area contributed by atoms with E-state index in [9.17, 15) is 4.79 Å². The molecular weight excluding hydrogens is 380 g/mol. The summed E-state index contributed by atoms with van der Waals surface area (Å²) in [6.07, 6.45) is 0.890. The van der Waals surface area contributed by atoms with E-state index in [1.165, 1.54) is 17.3 Å². The molecular formula is C20H19ClN4OS. The molecule has 0 bridgehead atoms. The molecule has 27 heavy (non-hydrogen) atoms. The van der Waals surface area contributed by atoms with Crippen LogP contribution in [0.1, 0.15) is 19.4 Å². The molecule has 7 heteroatoms. The van der Waals surface area contributed by atoms with Crippen LogP contribution in [0.3, 0.4) is 0 Å². The molecule has 1 aromatic heterocycles. The van der Waals surface area contributed by atoms with E-state index >= 15 is 0 Å². The van der Waals surface area contributed by atoms with Crippen molar-refractivity contribution in [2.75, 3.05) is 4.90 Å². The lowest BCUT2D eigenvalue weighted by atomic mass is 10.1. The Labute approximate surface area is 167 Å². The first kappa shape index (κ1) is 18.1. The number of para-hydroxylation sites is 1. The number of H-pyrrole nitrogens is 1. The molecule has 3 aromatic rings. The Hall–Kier alpha value is -2.31. The number of carbonyl (C=O) groups is 1. The smallest absolute Gasteiger partial charge is 0.240 e. The summed E-state index contributed by atoms with van der Waals surface area (Å²) < 4.78 is 0. The maximum atomic E-state index is 13.1. The van der Waals surface area contributed by atoms with E-state index in [0.29, 0.717) is 16.0 Å². The summed E-state index contributed by atoms with van der Waals surface area (Å²) in [5.74, 6) is 0.740. The fraction of sp³-hybridized carbons (Fsp3) is 0.250. The van der Waals surface area contributed by atoms with Gasteiger partial charge in [0.05, 0.1) is 5.25 Å². The molecule has 1 aliphatic rings. The van der Waals surface area contributed by atoms with Crippen LogP contribution < -0.4 is 4.90 Å². The monoisotopic (exact) mass is 398 g/mol. The molecule has 0 aliphatic carbocycles. The van der Waals surface area contributed by atoms with Crippen LogP contribution in [0.4, 0.5) is 5.69 Å². The van der Waals surface area contributed by atoms with Crippen molar-refractivity contribution in [1.29, 1.82) is 0 Å². The standard InChI is InChI=1S/C20H19ClN4OS/c1-12-11-15-5-3-4-6-17(15)25(12)19(26)13(2)27-20-22-18(23-24-20)14-7-9-16(21)10-8-14/h3-10,12-13H,11H2,1-2H3,(H,22,23,24). The maximum Gasteiger partial charge on any atom is 0.240 e. The van der Waals surface area contributed by atoms with E-state index < -0.39 is 0 Å².